The van der Waals surface area contributed by atoms with Crippen LogP contribution < -0.4 is 0 Å². The highest BCUT2D eigenvalue weighted by molar-refractivity contribution is 5.71. The number of allylic oxidation sites excluding steroid dienone is 6. The third-order valence-electron chi connectivity index (χ3n) is 14.4. The van der Waals surface area contributed by atoms with E-state index >= 15 is 0 Å². The number of carbonyl (C=O) groups excluding carboxylic acids is 3. The van der Waals surface area contributed by atoms with Crippen molar-refractivity contribution >= 4 is 17.9 Å². The molecule has 0 rings (SSSR count). The second-order valence-corrected chi connectivity index (χ2v) is 21.7. The van der Waals surface area contributed by atoms with Gasteiger partial charge in [-0.1, -0.05) is 288 Å². The minimum absolute atomic E-state index is 0.0734. The molecule has 0 aromatic carbocycles. The van der Waals surface area contributed by atoms with E-state index in [0.29, 0.717) is 19.3 Å². The van der Waals surface area contributed by atoms with Crippen LogP contribution in [0, 0.1) is 0 Å². The molecule has 0 N–H and O–H groups in total. The molecule has 0 bridgehead atoms. The van der Waals surface area contributed by atoms with Gasteiger partial charge in [-0.05, 0) is 77.0 Å². The summed E-state index contributed by atoms with van der Waals surface area (Å²) in [5.74, 6) is -0.869. The monoisotopic (exact) mass is 1010 g/mol. The molecule has 0 aliphatic rings. The molecule has 0 aliphatic carbocycles. The van der Waals surface area contributed by atoms with Crippen molar-refractivity contribution in [2.45, 2.75) is 354 Å². The van der Waals surface area contributed by atoms with Gasteiger partial charge in [0.05, 0.1) is 0 Å². The van der Waals surface area contributed by atoms with Gasteiger partial charge in [0, 0.05) is 19.3 Å². The number of hydrogen-bond acceptors (Lipinski definition) is 6. The molecule has 422 valence electrons. The van der Waals surface area contributed by atoms with Crippen LogP contribution in [-0.4, -0.2) is 37.2 Å². The Morgan fingerprint density at radius 3 is 0.806 bits per heavy atom. The summed E-state index contributed by atoms with van der Waals surface area (Å²) in [5, 5.41) is 0. The molecule has 0 saturated heterocycles. The predicted molar refractivity (Wildman–Crippen MR) is 312 cm³/mol. The third kappa shape index (κ3) is 58.5. The van der Waals surface area contributed by atoms with Crippen LogP contribution in [0.15, 0.2) is 36.5 Å². The van der Waals surface area contributed by atoms with Gasteiger partial charge in [-0.3, -0.25) is 14.4 Å². The molecule has 0 aromatic rings. The van der Waals surface area contributed by atoms with Crippen molar-refractivity contribution < 1.29 is 28.6 Å². The van der Waals surface area contributed by atoms with Crippen LogP contribution in [0.4, 0.5) is 0 Å². The van der Waals surface area contributed by atoms with E-state index in [2.05, 4.69) is 57.2 Å². The van der Waals surface area contributed by atoms with Gasteiger partial charge in [-0.15, -0.1) is 0 Å². The highest BCUT2D eigenvalue weighted by atomic mass is 16.6. The fourth-order valence-electron chi connectivity index (χ4n) is 9.53. The number of unbranched alkanes of at least 4 members (excludes halogenated alkanes) is 42. The summed E-state index contributed by atoms with van der Waals surface area (Å²) in [6.45, 7) is 6.64. The average molecular weight is 1010 g/mol. The Bertz CT molecular complexity index is 1210. The second kappa shape index (κ2) is 61.2. The van der Waals surface area contributed by atoms with Gasteiger partial charge in [-0.25, -0.2) is 0 Å². The van der Waals surface area contributed by atoms with Crippen molar-refractivity contribution in [1.29, 1.82) is 0 Å². The first-order valence-corrected chi connectivity index (χ1v) is 32.0. The molecule has 72 heavy (non-hydrogen) atoms. The molecule has 1 unspecified atom stereocenters. The summed E-state index contributed by atoms with van der Waals surface area (Å²) in [6, 6.07) is 0. The molecule has 0 amide bonds. The molecule has 6 nitrogen and oxygen atoms in total. The van der Waals surface area contributed by atoms with Gasteiger partial charge in [0.2, 0.25) is 0 Å². The average Bonchev–Trinajstić information content (AvgIpc) is 3.38. The summed E-state index contributed by atoms with van der Waals surface area (Å²) in [4.78, 5) is 38.1. The third-order valence-corrected chi connectivity index (χ3v) is 14.4. The molecule has 1 atom stereocenters. The number of esters is 3. The quantitative estimate of drug-likeness (QED) is 0.0261. The van der Waals surface area contributed by atoms with Crippen molar-refractivity contribution in [3.63, 3.8) is 0 Å². The summed E-state index contributed by atoms with van der Waals surface area (Å²) in [7, 11) is 0. The van der Waals surface area contributed by atoms with Crippen molar-refractivity contribution in [3.8, 4) is 0 Å². The van der Waals surface area contributed by atoms with E-state index in [4.69, 9.17) is 14.2 Å². The standard InChI is InChI=1S/C66H122O6/c1-4-7-10-13-16-19-22-24-26-27-28-29-30-31-32-33-34-35-36-37-38-39-41-42-44-47-50-53-56-59-65(68)71-62-63(61-70-64(67)58-55-52-49-46-21-18-15-12-9-6-3)72-66(69)60-57-54-51-48-45-43-40-25-23-20-17-14-11-8-5-2/h17,20,25,27-28,40,63H,4-16,18-19,21-24,26,29-39,41-62H2,1-3H3/b20-17-,28-27-,40-25-. The minimum Gasteiger partial charge on any atom is -0.462 e. The lowest BCUT2D eigenvalue weighted by Crippen LogP contribution is -2.30. The zero-order valence-corrected chi connectivity index (χ0v) is 48.5. The maximum Gasteiger partial charge on any atom is 0.306 e. The molecular formula is C66H122O6. The molecule has 0 heterocycles. The van der Waals surface area contributed by atoms with Gasteiger partial charge >= 0.3 is 17.9 Å². The number of rotatable bonds is 59. The first-order chi connectivity index (χ1) is 35.5. The lowest BCUT2D eigenvalue weighted by atomic mass is 10.0. The summed E-state index contributed by atoms with van der Waals surface area (Å²) in [6.07, 6.45) is 74.6. The van der Waals surface area contributed by atoms with Crippen LogP contribution in [0.25, 0.3) is 0 Å². The minimum atomic E-state index is -0.775. The van der Waals surface area contributed by atoms with Gasteiger partial charge in [0.1, 0.15) is 13.2 Å². The molecule has 6 heteroatoms. The van der Waals surface area contributed by atoms with Crippen LogP contribution in [0.5, 0.6) is 0 Å². The Hall–Kier alpha value is -2.37. The lowest BCUT2D eigenvalue weighted by molar-refractivity contribution is -0.167. The Labute approximate surface area is 448 Å². The predicted octanol–water partition coefficient (Wildman–Crippen LogP) is 21.6. The summed E-state index contributed by atoms with van der Waals surface area (Å²) >= 11 is 0. The van der Waals surface area contributed by atoms with Crippen LogP contribution >= 0.6 is 0 Å². The first-order valence-electron chi connectivity index (χ1n) is 32.0. The molecular weight excluding hydrogens is 889 g/mol. The van der Waals surface area contributed by atoms with Crippen molar-refractivity contribution in [1.82, 2.24) is 0 Å². The lowest BCUT2D eigenvalue weighted by Gasteiger charge is -2.18. The summed E-state index contributed by atoms with van der Waals surface area (Å²) < 4.78 is 16.9. The first kappa shape index (κ1) is 69.6. The Morgan fingerprint density at radius 2 is 0.500 bits per heavy atom. The smallest absolute Gasteiger partial charge is 0.306 e. The van der Waals surface area contributed by atoms with Crippen LogP contribution in [-0.2, 0) is 28.6 Å². The van der Waals surface area contributed by atoms with Gasteiger partial charge in [0.25, 0.3) is 0 Å². The van der Waals surface area contributed by atoms with Gasteiger partial charge in [0.15, 0.2) is 6.10 Å². The Balaban J connectivity index is 4.11. The topological polar surface area (TPSA) is 78.9 Å². The zero-order valence-electron chi connectivity index (χ0n) is 48.5. The molecule has 0 aliphatic heterocycles. The second-order valence-electron chi connectivity index (χ2n) is 21.7. The van der Waals surface area contributed by atoms with Crippen LogP contribution in [0.2, 0.25) is 0 Å². The fourth-order valence-corrected chi connectivity index (χ4v) is 9.53. The van der Waals surface area contributed by atoms with E-state index in [-0.39, 0.29) is 31.1 Å². The van der Waals surface area contributed by atoms with E-state index in [1.807, 2.05) is 0 Å². The maximum atomic E-state index is 12.8. The SMILES string of the molecule is CCCCC/C=C\C/C=C\CCCCCCCC(=O)OC(COC(=O)CCCCCCCCCCCC)COC(=O)CCCCCCCCCCCCCCCCCCC/C=C\CCCCCCCCCC. The Morgan fingerprint density at radius 1 is 0.278 bits per heavy atom. The molecule has 0 saturated carbocycles. The van der Waals surface area contributed by atoms with E-state index in [9.17, 15) is 14.4 Å². The van der Waals surface area contributed by atoms with Crippen molar-refractivity contribution in [2.24, 2.45) is 0 Å². The van der Waals surface area contributed by atoms with E-state index < -0.39 is 6.10 Å². The van der Waals surface area contributed by atoms with Gasteiger partial charge < -0.3 is 14.2 Å². The van der Waals surface area contributed by atoms with E-state index in [1.165, 1.54) is 225 Å². The largest absolute Gasteiger partial charge is 0.462 e. The zero-order chi connectivity index (χ0) is 52.2. The van der Waals surface area contributed by atoms with E-state index in [0.717, 1.165) is 83.5 Å². The number of ether oxygens (including phenoxy) is 3. The fraction of sp³-hybridized carbons (Fsp3) is 0.864. The molecule has 0 aromatic heterocycles. The van der Waals surface area contributed by atoms with E-state index in [1.54, 1.807) is 0 Å². The normalized spacial score (nSPS) is 12.2. The van der Waals surface area contributed by atoms with Gasteiger partial charge in [-0.2, -0.15) is 0 Å². The highest BCUT2D eigenvalue weighted by Crippen LogP contribution is 2.17. The van der Waals surface area contributed by atoms with Crippen LogP contribution in [0.1, 0.15) is 348 Å². The number of hydrogen-bond donors (Lipinski definition) is 0. The number of carbonyl (C=O) groups is 3. The van der Waals surface area contributed by atoms with Crippen LogP contribution in [0.3, 0.4) is 0 Å². The molecule has 0 radical (unpaired) electrons. The highest BCUT2D eigenvalue weighted by Gasteiger charge is 2.19. The maximum absolute atomic E-state index is 12.8. The molecule has 0 spiro atoms. The summed E-state index contributed by atoms with van der Waals surface area (Å²) in [5.41, 5.74) is 0. The van der Waals surface area contributed by atoms with Crippen molar-refractivity contribution in [2.75, 3.05) is 13.2 Å². The van der Waals surface area contributed by atoms with Crippen molar-refractivity contribution in [3.05, 3.63) is 36.5 Å². The molecule has 0 fully saturated rings. The Kier molecular flexibility index (Phi) is 59.2.